The molecule has 0 radical (unpaired) electrons. The molecule has 0 saturated carbocycles. The van der Waals surface area contributed by atoms with Gasteiger partial charge in [0.2, 0.25) is 0 Å². The lowest BCUT2D eigenvalue weighted by atomic mass is 10.4. The van der Waals surface area contributed by atoms with Crippen LogP contribution in [0.3, 0.4) is 0 Å². The smallest absolute Gasteiger partial charge is 0.165 e. The summed E-state index contributed by atoms with van der Waals surface area (Å²) >= 11 is 1.47. The molecule has 6 heteroatoms. The summed E-state index contributed by atoms with van der Waals surface area (Å²) in [6.45, 7) is 2.77. The number of nitrogens with zero attached hydrogens (tertiary/aromatic N) is 1. The molecule has 1 rings (SSSR count). The third kappa shape index (κ3) is 5.50. The Morgan fingerprint density at radius 1 is 1.56 bits per heavy atom. The fraction of sp³-hybridized carbons (Fsp3) is 0.700. The number of imidazole rings is 1. The molecule has 0 aliphatic carbocycles. The molecule has 0 bridgehead atoms. The van der Waals surface area contributed by atoms with Crippen LogP contribution in [0, 0.1) is 0 Å². The minimum absolute atomic E-state index is 0.00765. The molecule has 92 valence electrons. The van der Waals surface area contributed by atoms with Crippen LogP contribution in [0.4, 0.5) is 0 Å². The fourth-order valence-corrected chi connectivity index (χ4v) is 1.84. The van der Waals surface area contributed by atoms with Crippen molar-refractivity contribution in [1.82, 2.24) is 9.97 Å². The SMILES string of the molecule is COCC(C)OCC(O)CSc1ncc[nH]1. The number of hydrogen-bond donors (Lipinski definition) is 2. The minimum atomic E-state index is -0.491. The molecule has 0 fully saturated rings. The molecule has 1 aromatic rings. The van der Waals surface area contributed by atoms with Crippen molar-refractivity contribution in [2.24, 2.45) is 0 Å². The largest absolute Gasteiger partial charge is 0.390 e. The van der Waals surface area contributed by atoms with Crippen molar-refractivity contribution in [3.05, 3.63) is 12.4 Å². The van der Waals surface area contributed by atoms with E-state index >= 15 is 0 Å². The number of methoxy groups -OCH3 is 1. The van der Waals surface area contributed by atoms with Crippen molar-refractivity contribution < 1.29 is 14.6 Å². The van der Waals surface area contributed by atoms with Crippen LogP contribution in [0.25, 0.3) is 0 Å². The Hall–Kier alpha value is -0.560. The van der Waals surface area contributed by atoms with Gasteiger partial charge in [0.15, 0.2) is 5.16 Å². The van der Waals surface area contributed by atoms with Crippen LogP contribution in [0.15, 0.2) is 17.6 Å². The zero-order chi connectivity index (χ0) is 11.8. The lowest BCUT2D eigenvalue weighted by Crippen LogP contribution is -2.24. The molecule has 0 aliphatic rings. The molecule has 1 heterocycles. The van der Waals surface area contributed by atoms with Crippen molar-refractivity contribution in [2.75, 3.05) is 26.1 Å². The normalized spacial score (nSPS) is 14.9. The van der Waals surface area contributed by atoms with E-state index in [0.717, 1.165) is 5.16 Å². The second-order valence-corrected chi connectivity index (χ2v) is 4.47. The van der Waals surface area contributed by atoms with Gasteiger partial charge in [-0.15, -0.1) is 0 Å². The highest BCUT2D eigenvalue weighted by molar-refractivity contribution is 7.99. The Labute approximate surface area is 99.6 Å². The van der Waals surface area contributed by atoms with Crippen molar-refractivity contribution >= 4 is 11.8 Å². The van der Waals surface area contributed by atoms with Gasteiger partial charge >= 0.3 is 0 Å². The van der Waals surface area contributed by atoms with E-state index in [4.69, 9.17) is 9.47 Å². The summed E-state index contributed by atoms with van der Waals surface area (Å²) in [4.78, 5) is 7.01. The zero-order valence-corrected chi connectivity index (χ0v) is 10.4. The quantitative estimate of drug-likeness (QED) is 0.667. The first-order valence-electron chi connectivity index (χ1n) is 5.13. The van der Waals surface area contributed by atoms with E-state index in [0.29, 0.717) is 19.0 Å². The monoisotopic (exact) mass is 246 g/mol. The summed E-state index contributed by atoms with van der Waals surface area (Å²) < 4.78 is 10.3. The van der Waals surface area contributed by atoms with E-state index in [1.807, 2.05) is 6.92 Å². The summed E-state index contributed by atoms with van der Waals surface area (Å²) in [5, 5.41) is 10.4. The number of thioether (sulfide) groups is 1. The van der Waals surface area contributed by atoms with E-state index in [2.05, 4.69) is 9.97 Å². The average molecular weight is 246 g/mol. The number of nitrogens with one attached hydrogen (secondary N) is 1. The highest BCUT2D eigenvalue weighted by atomic mass is 32.2. The van der Waals surface area contributed by atoms with Gasteiger partial charge in [0.05, 0.1) is 25.4 Å². The summed E-state index contributed by atoms with van der Waals surface area (Å²) in [5.74, 6) is 0.563. The first kappa shape index (κ1) is 13.5. The Bertz CT molecular complexity index is 269. The molecule has 0 spiro atoms. The number of H-pyrrole nitrogens is 1. The van der Waals surface area contributed by atoms with Crippen LogP contribution < -0.4 is 0 Å². The van der Waals surface area contributed by atoms with Crippen LogP contribution >= 0.6 is 11.8 Å². The standard InChI is InChI=1S/C10H18N2O3S/c1-8(5-14-2)15-6-9(13)7-16-10-11-3-4-12-10/h3-4,8-9,13H,5-7H2,1-2H3,(H,11,12). The molecular weight excluding hydrogens is 228 g/mol. The molecule has 2 N–H and O–H groups in total. The highest BCUT2D eigenvalue weighted by Crippen LogP contribution is 2.13. The molecule has 0 aliphatic heterocycles. The van der Waals surface area contributed by atoms with Gasteiger partial charge in [0.1, 0.15) is 0 Å². The topological polar surface area (TPSA) is 67.4 Å². The maximum Gasteiger partial charge on any atom is 0.165 e. The number of ether oxygens (including phenoxy) is 2. The second kappa shape index (κ2) is 7.67. The minimum Gasteiger partial charge on any atom is -0.390 e. The molecule has 16 heavy (non-hydrogen) atoms. The molecule has 2 atom stereocenters. The van der Waals surface area contributed by atoms with E-state index in [9.17, 15) is 5.11 Å². The summed E-state index contributed by atoms with van der Waals surface area (Å²) in [7, 11) is 1.63. The van der Waals surface area contributed by atoms with E-state index < -0.39 is 6.10 Å². The average Bonchev–Trinajstić information content (AvgIpc) is 2.77. The molecular formula is C10H18N2O3S. The number of aromatic nitrogens is 2. The van der Waals surface area contributed by atoms with Gasteiger partial charge in [-0.25, -0.2) is 4.98 Å². The summed E-state index contributed by atoms with van der Waals surface area (Å²) in [6, 6.07) is 0. The predicted octanol–water partition coefficient (Wildman–Crippen LogP) is 0.914. The second-order valence-electron chi connectivity index (χ2n) is 3.46. The Kier molecular flexibility index (Phi) is 6.47. The molecule has 1 aromatic heterocycles. The van der Waals surface area contributed by atoms with E-state index in [1.165, 1.54) is 11.8 Å². The first-order valence-corrected chi connectivity index (χ1v) is 6.11. The summed E-state index contributed by atoms with van der Waals surface area (Å²) in [6.07, 6.45) is 2.96. The fourth-order valence-electron chi connectivity index (χ4n) is 1.11. The van der Waals surface area contributed by atoms with Gasteiger partial charge in [0, 0.05) is 25.3 Å². The predicted molar refractivity (Wildman–Crippen MR) is 62.6 cm³/mol. The zero-order valence-electron chi connectivity index (χ0n) is 9.55. The van der Waals surface area contributed by atoms with Crippen LogP contribution in [-0.2, 0) is 9.47 Å². The number of aliphatic hydroxyl groups is 1. The van der Waals surface area contributed by atoms with E-state index in [1.54, 1.807) is 19.5 Å². The number of aromatic amines is 1. The van der Waals surface area contributed by atoms with Crippen molar-refractivity contribution in [3.8, 4) is 0 Å². The third-order valence-electron chi connectivity index (χ3n) is 1.86. The van der Waals surface area contributed by atoms with Crippen molar-refractivity contribution in [3.63, 3.8) is 0 Å². The molecule has 0 amide bonds. The maximum absolute atomic E-state index is 9.64. The molecule has 0 saturated heterocycles. The van der Waals surface area contributed by atoms with Gasteiger partial charge in [0.25, 0.3) is 0 Å². The van der Waals surface area contributed by atoms with Crippen LogP contribution in [-0.4, -0.2) is 53.4 Å². The summed E-state index contributed by atoms with van der Waals surface area (Å²) in [5.41, 5.74) is 0. The maximum atomic E-state index is 9.64. The lowest BCUT2D eigenvalue weighted by Gasteiger charge is -2.15. The number of hydrogen-bond acceptors (Lipinski definition) is 5. The Morgan fingerprint density at radius 3 is 3.00 bits per heavy atom. The Morgan fingerprint density at radius 2 is 2.38 bits per heavy atom. The molecule has 0 aromatic carbocycles. The van der Waals surface area contributed by atoms with Gasteiger partial charge in [-0.05, 0) is 6.92 Å². The lowest BCUT2D eigenvalue weighted by molar-refractivity contribution is -0.0257. The Balaban J connectivity index is 2.09. The van der Waals surface area contributed by atoms with Crippen molar-refractivity contribution in [2.45, 2.75) is 24.3 Å². The van der Waals surface area contributed by atoms with Crippen LogP contribution in [0.5, 0.6) is 0 Å². The van der Waals surface area contributed by atoms with E-state index in [-0.39, 0.29) is 6.10 Å². The van der Waals surface area contributed by atoms with Crippen LogP contribution in [0.2, 0.25) is 0 Å². The number of aliphatic hydroxyl groups excluding tert-OH is 1. The van der Waals surface area contributed by atoms with Crippen LogP contribution in [0.1, 0.15) is 6.92 Å². The first-order chi connectivity index (χ1) is 7.72. The van der Waals surface area contributed by atoms with Gasteiger partial charge in [-0.1, -0.05) is 11.8 Å². The van der Waals surface area contributed by atoms with Crippen molar-refractivity contribution in [1.29, 1.82) is 0 Å². The number of rotatable bonds is 8. The van der Waals surface area contributed by atoms with Gasteiger partial charge < -0.3 is 19.6 Å². The highest BCUT2D eigenvalue weighted by Gasteiger charge is 2.09. The van der Waals surface area contributed by atoms with Gasteiger partial charge in [-0.2, -0.15) is 0 Å². The molecule has 2 unspecified atom stereocenters. The molecule has 5 nitrogen and oxygen atoms in total. The van der Waals surface area contributed by atoms with Gasteiger partial charge in [-0.3, -0.25) is 0 Å². The third-order valence-corrected chi connectivity index (χ3v) is 2.91.